The van der Waals surface area contributed by atoms with Gasteiger partial charge in [-0.2, -0.15) is 0 Å². The molecule has 0 atom stereocenters. The van der Waals surface area contributed by atoms with Gasteiger partial charge in [0.15, 0.2) is 15.0 Å². The Hall–Kier alpha value is -2.97. The van der Waals surface area contributed by atoms with Gasteiger partial charge in [-0.05, 0) is 60.5 Å². The number of aromatic amines is 1. The summed E-state index contributed by atoms with van der Waals surface area (Å²) in [5.74, 6) is 0.468. The number of imidazole rings is 1. The zero-order chi connectivity index (χ0) is 21.8. The number of H-pyrrole nitrogens is 1. The van der Waals surface area contributed by atoms with E-state index in [4.69, 9.17) is 4.98 Å². The summed E-state index contributed by atoms with van der Waals surface area (Å²) in [4.78, 5) is 12.8. The molecule has 2 heterocycles. The van der Waals surface area contributed by atoms with Crippen molar-refractivity contribution in [3.05, 3.63) is 84.3 Å². The standard InChI is InChI=1S/C23H20FN3O2S2/c1-31(28,29)19-11-5-16(6-12-19)13-15-30-23-26-21(17-7-9-18(24)10-8-17)22(27-23)20-4-2-3-14-25-20/h2-12,14H,13,15H2,1H3,(H,26,27). The first-order valence-corrected chi connectivity index (χ1v) is 12.5. The molecule has 2 aromatic heterocycles. The summed E-state index contributed by atoms with van der Waals surface area (Å²) < 4.78 is 36.5. The molecule has 0 spiro atoms. The highest BCUT2D eigenvalue weighted by Crippen LogP contribution is 2.32. The third-order valence-electron chi connectivity index (χ3n) is 4.70. The summed E-state index contributed by atoms with van der Waals surface area (Å²) >= 11 is 1.57. The smallest absolute Gasteiger partial charge is 0.175 e. The number of aromatic nitrogens is 3. The van der Waals surface area contributed by atoms with Crippen LogP contribution in [0.2, 0.25) is 0 Å². The number of rotatable bonds is 7. The molecule has 0 saturated carbocycles. The predicted octanol–water partition coefficient (Wildman–Crippen LogP) is 5.02. The number of nitrogens with zero attached hydrogens (tertiary/aromatic N) is 2. The minimum absolute atomic E-state index is 0.292. The van der Waals surface area contributed by atoms with E-state index in [1.807, 2.05) is 30.3 Å². The molecule has 2 aromatic carbocycles. The van der Waals surface area contributed by atoms with E-state index in [2.05, 4.69) is 9.97 Å². The van der Waals surface area contributed by atoms with E-state index in [1.165, 1.54) is 18.4 Å². The van der Waals surface area contributed by atoms with Gasteiger partial charge >= 0.3 is 0 Å². The molecular weight excluding hydrogens is 433 g/mol. The highest BCUT2D eigenvalue weighted by molar-refractivity contribution is 7.99. The van der Waals surface area contributed by atoms with E-state index in [-0.39, 0.29) is 5.82 Å². The maximum Gasteiger partial charge on any atom is 0.175 e. The molecule has 0 aliphatic heterocycles. The van der Waals surface area contributed by atoms with Crippen LogP contribution in [-0.2, 0) is 16.3 Å². The molecule has 4 rings (SSSR count). The van der Waals surface area contributed by atoms with Crippen molar-refractivity contribution in [3.63, 3.8) is 0 Å². The summed E-state index contributed by atoms with van der Waals surface area (Å²) in [7, 11) is -3.19. The Morgan fingerprint density at radius 2 is 1.74 bits per heavy atom. The van der Waals surface area contributed by atoms with Crippen LogP contribution in [0.25, 0.3) is 22.6 Å². The molecule has 0 bridgehead atoms. The molecular formula is C23H20FN3O2S2. The number of halogens is 1. The SMILES string of the molecule is CS(=O)(=O)c1ccc(CCSc2nc(-c3ccccn3)c(-c3ccc(F)cc3)[nH]2)cc1. The molecule has 0 aliphatic carbocycles. The third-order valence-corrected chi connectivity index (χ3v) is 6.71. The van der Waals surface area contributed by atoms with E-state index in [0.29, 0.717) is 10.6 Å². The monoisotopic (exact) mass is 453 g/mol. The van der Waals surface area contributed by atoms with E-state index in [1.54, 1.807) is 42.2 Å². The Morgan fingerprint density at radius 3 is 2.39 bits per heavy atom. The fourth-order valence-electron chi connectivity index (χ4n) is 3.10. The number of sulfone groups is 1. The molecule has 0 amide bonds. The van der Waals surface area contributed by atoms with Gasteiger partial charge in [-0.1, -0.05) is 30.0 Å². The second kappa shape index (κ2) is 9.03. The lowest BCUT2D eigenvalue weighted by molar-refractivity contribution is 0.602. The zero-order valence-corrected chi connectivity index (χ0v) is 18.4. The number of aryl methyl sites for hydroxylation is 1. The fraction of sp³-hybridized carbons (Fsp3) is 0.130. The Labute approximate surface area is 184 Å². The molecule has 4 aromatic rings. The maximum absolute atomic E-state index is 13.4. The third kappa shape index (κ3) is 5.21. The molecule has 0 aliphatic rings. The topological polar surface area (TPSA) is 75.7 Å². The van der Waals surface area contributed by atoms with Gasteiger partial charge in [0.1, 0.15) is 11.5 Å². The van der Waals surface area contributed by atoms with E-state index < -0.39 is 9.84 Å². The number of thioether (sulfide) groups is 1. The van der Waals surface area contributed by atoms with Crippen molar-refractivity contribution in [2.45, 2.75) is 16.5 Å². The van der Waals surface area contributed by atoms with Crippen LogP contribution in [0.15, 0.2) is 83.0 Å². The lowest BCUT2D eigenvalue weighted by Gasteiger charge is -2.02. The summed E-state index contributed by atoms with van der Waals surface area (Å²) in [6, 6.07) is 18.8. The van der Waals surface area contributed by atoms with E-state index in [9.17, 15) is 12.8 Å². The van der Waals surface area contributed by atoms with Gasteiger partial charge in [0, 0.05) is 23.8 Å². The summed E-state index contributed by atoms with van der Waals surface area (Å²) in [6.45, 7) is 0. The molecule has 1 N–H and O–H groups in total. The fourth-order valence-corrected chi connectivity index (χ4v) is 4.59. The van der Waals surface area contributed by atoms with Crippen LogP contribution in [-0.4, -0.2) is 35.4 Å². The number of nitrogens with one attached hydrogen (secondary N) is 1. The molecule has 0 saturated heterocycles. The number of pyridine rings is 1. The number of hydrogen-bond donors (Lipinski definition) is 1. The summed E-state index contributed by atoms with van der Waals surface area (Å²) in [6.07, 6.45) is 3.68. The van der Waals surface area contributed by atoms with Crippen molar-refractivity contribution < 1.29 is 12.8 Å². The molecule has 0 radical (unpaired) electrons. The first-order chi connectivity index (χ1) is 14.9. The van der Waals surface area contributed by atoms with Gasteiger partial charge in [-0.3, -0.25) is 4.98 Å². The van der Waals surface area contributed by atoms with Crippen molar-refractivity contribution >= 4 is 21.6 Å². The number of hydrogen-bond acceptors (Lipinski definition) is 5. The van der Waals surface area contributed by atoms with Gasteiger partial charge in [0.05, 0.1) is 16.3 Å². The van der Waals surface area contributed by atoms with E-state index >= 15 is 0 Å². The normalized spacial score (nSPS) is 11.5. The predicted molar refractivity (Wildman–Crippen MR) is 121 cm³/mol. The summed E-state index contributed by atoms with van der Waals surface area (Å²) in [5, 5.41) is 0.743. The van der Waals surface area contributed by atoms with Crippen LogP contribution >= 0.6 is 11.8 Å². The Balaban J connectivity index is 1.53. The molecule has 0 unspecified atom stereocenters. The van der Waals surface area contributed by atoms with Crippen LogP contribution in [0, 0.1) is 5.82 Å². The van der Waals surface area contributed by atoms with Gasteiger partial charge in [0.25, 0.3) is 0 Å². The average Bonchev–Trinajstić information content (AvgIpc) is 3.19. The Bertz CT molecular complexity index is 1270. The second-order valence-corrected chi connectivity index (χ2v) is 10.1. The van der Waals surface area contributed by atoms with Crippen LogP contribution in [0.5, 0.6) is 0 Å². The van der Waals surface area contributed by atoms with Crippen LogP contribution < -0.4 is 0 Å². The molecule has 158 valence electrons. The van der Waals surface area contributed by atoms with Gasteiger partial charge < -0.3 is 4.98 Å². The highest BCUT2D eigenvalue weighted by Gasteiger charge is 2.15. The summed E-state index contributed by atoms with van der Waals surface area (Å²) in [5.41, 5.74) is 4.13. The van der Waals surface area contributed by atoms with Gasteiger partial charge in [-0.25, -0.2) is 17.8 Å². The first-order valence-electron chi connectivity index (χ1n) is 9.59. The molecule has 8 heteroatoms. The van der Waals surface area contributed by atoms with Crippen molar-refractivity contribution in [1.82, 2.24) is 15.0 Å². The maximum atomic E-state index is 13.4. The largest absolute Gasteiger partial charge is 0.332 e. The van der Waals surface area contributed by atoms with Crippen LogP contribution in [0.1, 0.15) is 5.56 Å². The molecule has 5 nitrogen and oxygen atoms in total. The second-order valence-electron chi connectivity index (χ2n) is 7.00. The highest BCUT2D eigenvalue weighted by atomic mass is 32.2. The van der Waals surface area contributed by atoms with Crippen molar-refractivity contribution in [1.29, 1.82) is 0 Å². The van der Waals surface area contributed by atoms with Gasteiger partial charge in [-0.15, -0.1) is 0 Å². The van der Waals surface area contributed by atoms with Gasteiger partial charge in [0.2, 0.25) is 0 Å². The van der Waals surface area contributed by atoms with Crippen molar-refractivity contribution in [2.24, 2.45) is 0 Å². The lowest BCUT2D eigenvalue weighted by Crippen LogP contribution is -1.97. The minimum Gasteiger partial charge on any atom is -0.332 e. The Kier molecular flexibility index (Phi) is 6.20. The lowest BCUT2D eigenvalue weighted by atomic mass is 10.1. The quantitative estimate of drug-likeness (QED) is 0.398. The van der Waals surface area contributed by atoms with Crippen molar-refractivity contribution in [2.75, 3.05) is 12.0 Å². The minimum atomic E-state index is -3.19. The molecule has 0 fully saturated rings. The average molecular weight is 454 g/mol. The zero-order valence-electron chi connectivity index (χ0n) is 16.7. The van der Waals surface area contributed by atoms with Crippen LogP contribution in [0.4, 0.5) is 4.39 Å². The molecule has 31 heavy (non-hydrogen) atoms. The van der Waals surface area contributed by atoms with Crippen molar-refractivity contribution in [3.8, 4) is 22.6 Å². The Morgan fingerprint density at radius 1 is 1.00 bits per heavy atom. The number of benzene rings is 2. The first kappa shape index (κ1) is 21.3. The van der Waals surface area contributed by atoms with E-state index in [0.717, 1.165) is 39.8 Å². The van der Waals surface area contributed by atoms with Crippen LogP contribution in [0.3, 0.4) is 0 Å².